The predicted molar refractivity (Wildman–Crippen MR) is 112 cm³/mol. The number of hydrogen-bond donors (Lipinski definition) is 0. The predicted octanol–water partition coefficient (Wildman–Crippen LogP) is 3.71. The lowest BCUT2D eigenvalue weighted by Crippen LogP contribution is -2.47. The molecule has 0 N–H and O–H groups in total. The average molecular weight is 374 g/mol. The van der Waals surface area contributed by atoms with Gasteiger partial charge in [-0.2, -0.15) is 5.10 Å². The van der Waals surface area contributed by atoms with Crippen molar-refractivity contribution in [2.45, 2.75) is 18.9 Å². The maximum absolute atomic E-state index is 13.5. The Balaban J connectivity index is 1.72. The van der Waals surface area contributed by atoms with Crippen molar-refractivity contribution in [3.05, 3.63) is 72.4 Å². The average Bonchev–Trinajstić information content (AvgIpc) is 3.20. The van der Waals surface area contributed by atoms with Crippen molar-refractivity contribution >= 4 is 5.91 Å². The van der Waals surface area contributed by atoms with Crippen molar-refractivity contribution in [3.63, 3.8) is 0 Å². The number of amides is 1. The summed E-state index contributed by atoms with van der Waals surface area (Å²) in [7, 11) is 4.17. The van der Waals surface area contributed by atoms with Crippen molar-refractivity contribution in [2.75, 3.05) is 27.2 Å². The van der Waals surface area contributed by atoms with Gasteiger partial charge in [0.1, 0.15) is 5.69 Å². The Morgan fingerprint density at radius 2 is 1.71 bits per heavy atom. The number of rotatable bonds is 4. The lowest BCUT2D eigenvalue weighted by molar-refractivity contribution is 0.0636. The zero-order valence-corrected chi connectivity index (χ0v) is 16.5. The topological polar surface area (TPSA) is 41.4 Å². The number of likely N-dealkylation sites (N-methyl/N-ethyl adjacent to an activating group) is 1. The van der Waals surface area contributed by atoms with E-state index >= 15 is 0 Å². The van der Waals surface area contributed by atoms with Crippen LogP contribution in [0.4, 0.5) is 0 Å². The van der Waals surface area contributed by atoms with Gasteiger partial charge in [-0.3, -0.25) is 4.79 Å². The molecule has 0 radical (unpaired) electrons. The summed E-state index contributed by atoms with van der Waals surface area (Å²) in [5, 5.41) is 4.78. The molecule has 0 saturated carbocycles. The van der Waals surface area contributed by atoms with Crippen LogP contribution in [-0.2, 0) is 0 Å². The van der Waals surface area contributed by atoms with Crippen LogP contribution in [0.5, 0.6) is 0 Å². The molecule has 5 nitrogen and oxygen atoms in total. The van der Waals surface area contributed by atoms with Crippen molar-refractivity contribution in [1.82, 2.24) is 19.6 Å². The van der Waals surface area contributed by atoms with Gasteiger partial charge in [-0.1, -0.05) is 48.5 Å². The maximum Gasteiger partial charge on any atom is 0.257 e. The van der Waals surface area contributed by atoms with E-state index in [2.05, 4.69) is 19.0 Å². The van der Waals surface area contributed by atoms with Gasteiger partial charge < -0.3 is 9.80 Å². The molecular formula is C23H26N4O. The second-order valence-corrected chi connectivity index (χ2v) is 7.55. The van der Waals surface area contributed by atoms with Crippen LogP contribution in [0.25, 0.3) is 16.9 Å². The normalized spacial score (nSPS) is 17.1. The minimum atomic E-state index is 0.0626. The van der Waals surface area contributed by atoms with Crippen molar-refractivity contribution in [3.8, 4) is 16.9 Å². The lowest BCUT2D eigenvalue weighted by atomic mass is 10.0. The lowest BCUT2D eigenvalue weighted by Gasteiger charge is -2.36. The minimum absolute atomic E-state index is 0.0626. The molecule has 2 heterocycles. The standard InChI is InChI=1S/C23H26N4O/c1-25(2)20-14-9-15-26(16-20)23(28)21-17-27(19-12-7-4-8-13-19)24-22(21)18-10-5-3-6-11-18/h3-8,10-13,17,20H,9,14-16H2,1-2H3. The Morgan fingerprint density at radius 3 is 2.39 bits per heavy atom. The first-order valence-electron chi connectivity index (χ1n) is 9.79. The quantitative estimate of drug-likeness (QED) is 0.699. The molecule has 1 saturated heterocycles. The number of carbonyl (C=O) groups is 1. The molecular weight excluding hydrogens is 348 g/mol. The van der Waals surface area contributed by atoms with Crippen LogP contribution in [0.15, 0.2) is 66.9 Å². The van der Waals surface area contributed by atoms with E-state index < -0.39 is 0 Å². The first-order valence-corrected chi connectivity index (χ1v) is 9.79. The zero-order chi connectivity index (χ0) is 19.5. The molecule has 3 aromatic rings. The van der Waals surface area contributed by atoms with Gasteiger partial charge in [-0.15, -0.1) is 0 Å². The van der Waals surface area contributed by atoms with Gasteiger partial charge in [0.05, 0.1) is 11.3 Å². The second-order valence-electron chi connectivity index (χ2n) is 7.55. The summed E-state index contributed by atoms with van der Waals surface area (Å²) in [6.07, 6.45) is 4.03. The molecule has 2 aromatic carbocycles. The molecule has 5 heteroatoms. The molecule has 1 fully saturated rings. The Kier molecular flexibility index (Phi) is 5.26. The van der Waals surface area contributed by atoms with Gasteiger partial charge in [0.2, 0.25) is 0 Å². The number of hydrogen-bond acceptors (Lipinski definition) is 3. The molecule has 1 amide bonds. The van der Waals surface area contributed by atoms with Crippen molar-refractivity contribution < 1.29 is 4.79 Å². The molecule has 1 unspecified atom stereocenters. The molecule has 1 aliphatic rings. The molecule has 28 heavy (non-hydrogen) atoms. The first-order chi connectivity index (χ1) is 13.6. The Bertz CT molecular complexity index is 934. The zero-order valence-electron chi connectivity index (χ0n) is 16.5. The van der Waals surface area contributed by atoms with Crippen LogP contribution >= 0.6 is 0 Å². The molecule has 4 rings (SSSR count). The first kappa shape index (κ1) is 18.4. The van der Waals surface area contributed by atoms with E-state index in [1.165, 1.54) is 0 Å². The maximum atomic E-state index is 13.5. The third-order valence-electron chi connectivity index (χ3n) is 5.43. The van der Waals surface area contributed by atoms with Crippen LogP contribution in [-0.4, -0.2) is 58.7 Å². The van der Waals surface area contributed by atoms with E-state index in [1.54, 1.807) is 0 Å². The molecule has 0 spiro atoms. The van der Waals surface area contributed by atoms with Crippen molar-refractivity contribution in [1.29, 1.82) is 0 Å². The third kappa shape index (κ3) is 3.71. The Hall–Kier alpha value is -2.92. The highest BCUT2D eigenvalue weighted by Gasteiger charge is 2.28. The second kappa shape index (κ2) is 7.98. The summed E-state index contributed by atoms with van der Waals surface area (Å²) >= 11 is 0. The summed E-state index contributed by atoms with van der Waals surface area (Å²) in [5.41, 5.74) is 3.31. The number of aromatic nitrogens is 2. The van der Waals surface area contributed by atoms with Crippen LogP contribution in [0.2, 0.25) is 0 Å². The van der Waals surface area contributed by atoms with Crippen LogP contribution in [0.1, 0.15) is 23.2 Å². The number of piperidine rings is 1. The summed E-state index contributed by atoms with van der Waals surface area (Å²) in [6.45, 7) is 1.56. The van der Waals surface area contributed by atoms with Crippen LogP contribution < -0.4 is 0 Å². The molecule has 144 valence electrons. The number of carbonyl (C=O) groups excluding carboxylic acids is 1. The van der Waals surface area contributed by atoms with E-state index in [0.717, 1.165) is 42.9 Å². The van der Waals surface area contributed by atoms with Gasteiger partial charge >= 0.3 is 0 Å². The van der Waals surface area contributed by atoms with E-state index in [4.69, 9.17) is 5.10 Å². The smallest absolute Gasteiger partial charge is 0.257 e. The van der Waals surface area contributed by atoms with E-state index in [-0.39, 0.29) is 5.91 Å². The molecule has 0 aliphatic carbocycles. The molecule has 1 atom stereocenters. The third-order valence-corrected chi connectivity index (χ3v) is 5.43. The van der Waals surface area contributed by atoms with Gasteiger partial charge in [-0.05, 0) is 39.1 Å². The van der Waals surface area contributed by atoms with E-state index in [9.17, 15) is 4.79 Å². The van der Waals surface area contributed by atoms with E-state index in [1.807, 2.05) is 76.4 Å². The molecule has 0 bridgehead atoms. The van der Waals surface area contributed by atoms with Gasteiger partial charge in [0, 0.05) is 30.9 Å². The number of para-hydroxylation sites is 1. The highest BCUT2D eigenvalue weighted by Crippen LogP contribution is 2.26. The summed E-state index contributed by atoms with van der Waals surface area (Å²) in [4.78, 5) is 17.7. The number of benzene rings is 2. The fourth-order valence-electron chi connectivity index (χ4n) is 3.78. The number of likely N-dealkylation sites (tertiary alicyclic amines) is 1. The monoisotopic (exact) mass is 374 g/mol. The Labute approximate surface area is 166 Å². The minimum Gasteiger partial charge on any atom is -0.337 e. The number of nitrogens with zero attached hydrogens (tertiary/aromatic N) is 4. The van der Waals surface area contributed by atoms with Gasteiger partial charge in [0.15, 0.2) is 0 Å². The van der Waals surface area contributed by atoms with Crippen LogP contribution in [0.3, 0.4) is 0 Å². The fraction of sp³-hybridized carbons (Fsp3) is 0.304. The summed E-state index contributed by atoms with van der Waals surface area (Å²) in [6, 6.07) is 20.3. The van der Waals surface area contributed by atoms with E-state index in [0.29, 0.717) is 11.6 Å². The molecule has 1 aromatic heterocycles. The van der Waals surface area contributed by atoms with Crippen LogP contribution in [0, 0.1) is 0 Å². The fourth-order valence-corrected chi connectivity index (χ4v) is 3.78. The summed E-state index contributed by atoms with van der Waals surface area (Å²) in [5.74, 6) is 0.0626. The van der Waals surface area contributed by atoms with Gasteiger partial charge in [-0.25, -0.2) is 4.68 Å². The highest BCUT2D eigenvalue weighted by atomic mass is 16.2. The SMILES string of the molecule is CN(C)C1CCCN(C(=O)c2cn(-c3ccccc3)nc2-c2ccccc2)C1. The largest absolute Gasteiger partial charge is 0.337 e. The highest BCUT2D eigenvalue weighted by molar-refractivity contribution is 6.00. The van der Waals surface area contributed by atoms with Gasteiger partial charge in [0.25, 0.3) is 5.91 Å². The summed E-state index contributed by atoms with van der Waals surface area (Å²) < 4.78 is 1.81. The van der Waals surface area contributed by atoms with Crippen molar-refractivity contribution in [2.24, 2.45) is 0 Å². The Morgan fingerprint density at radius 1 is 1.04 bits per heavy atom. The molecule has 1 aliphatic heterocycles.